The highest BCUT2D eigenvalue weighted by atomic mass is 35.5. The lowest BCUT2D eigenvalue weighted by Gasteiger charge is -2.17. The van der Waals surface area contributed by atoms with Crippen molar-refractivity contribution >= 4 is 51.3 Å². The fourth-order valence-corrected chi connectivity index (χ4v) is 4.36. The normalized spacial score (nSPS) is 15.9. The van der Waals surface area contributed by atoms with E-state index < -0.39 is 0 Å². The van der Waals surface area contributed by atoms with E-state index in [1.165, 1.54) is 29.7 Å². The molecule has 0 bridgehead atoms. The number of carbonyl (C=O) groups excluding carboxylic acids is 1. The van der Waals surface area contributed by atoms with Gasteiger partial charge in [-0.25, -0.2) is 15.0 Å². The summed E-state index contributed by atoms with van der Waals surface area (Å²) in [6.07, 6.45) is 1.83. The third-order valence-corrected chi connectivity index (χ3v) is 6.00. The van der Waals surface area contributed by atoms with Crippen LogP contribution in [-0.4, -0.2) is 50.3 Å². The Morgan fingerprint density at radius 1 is 1.29 bits per heavy atom. The fourth-order valence-electron chi connectivity index (χ4n) is 3.33. The number of aliphatic hydroxyl groups is 1. The number of aromatic hydroxyl groups is 1. The Bertz CT molecular complexity index is 1110. The predicted octanol–water partition coefficient (Wildman–Crippen LogP) is 3.48. The lowest BCUT2D eigenvalue weighted by atomic mass is 10.2. The van der Waals surface area contributed by atoms with E-state index in [-0.39, 0.29) is 22.8 Å². The van der Waals surface area contributed by atoms with Gasteiger partial charge in [-0.1, -0.05) is 22.9 Å². The molecule has 0 radical (unpaired) electrons. The maximum Gasteiger partial charge on any atom is 0.267 e. The van der Waals surface area contributed by atoms with Crippen molar-refractivity contribution in [2.45, 2.75) is 26.4 Å². The molecule has 1 saturated heterocycles. The molecule has 0 unspecified atom stereocenters. The number of nitrogens with zero attached hydrogens (tertiary/aromatic N) is 4. The number of nitrogens with one attached hydrogen (secondary N) is 2. The van der Waals surface area contributed by atoms with Gasteiger partial charge in [-0.2, -0.15) is 0 Å². The molecular weight excluding hydrogens is 440 g/mol. The van der Waals surface area contributed by atoms with Crippen LogP contribution in [0.2, 0.25) is 5.02 Å². The zero-order chi connectivity index (χ0) is 22.1. The number of aliphatic hydroxyl groups excluding tert-OH is 1. The second-order valence-corrected chi connectivity index (χ2v) is 8.71. The van der Waals surface area contributed by atoms with Crippen LogP contribution in [0, 0.1) is 13.8 Å². The summed E-state index contributed by atoms with van der Waals surface area (Å²) in [6, 6.07) is 4.69. The number of amides is 1. The van der Waals surface area contributed by atoms with Gasteiger partial charge in [0.2, 0.25) is 0 Å². The van der Waals surface area contributed by atoms with Crippen molar-refractivity contribution in [2.24, 2.45) is 0 Å². The molecule has 4 N–H and O–H groups in total. The molecule has 1 atom stereocenters. The Hall–Kier alpha value is -2.95. The number of β-amino-alcohol motifs (C(OH)–C–C–N with tert-alkyl or cyclic N) is 1. The number of phenols is 1. The number of anilines is 4. The Morgan fingerprint density at radius 3 is 2.81 bits per heavy atom. The Morgan fingerprint density at radius 2 is 2.10 bits per heavy atom. The van der Waals surface area contributed by atoms with E-state index >= 15 is 0 Å². The van der Waals surface area contributed by atoms with Crippen LogP contribution in [0.4, 0.5) is 22.5 Å². The second-order valence-electron chi connectivity index (χ2n) is 7.28. The first kappa shape index (κ1) is 21.3. The number of phenolic OH excluding ortho intramolecular Hbond substituents is 1. The summed E-state index contributed by atoms with van der Waals surface area (Å²) >= 11 is 7.31. The molecule has 0 aliphatic carbocycles. The van der Waals surface area contributed by atoms with Crippen molar-refractivity contribution in [3.8, 4) is 5.75 Å². The summed E-state index contributed by atoms with van der Waals surface area (Å²) < 4.78 is 0. The molecule has 9 nitrogen and oxygen atoms in total. The maximum atomic E-state index is 12.6. The quantitative estimate of drug-likeness (QED) is 0.427. The van der Waals surface area contributed by atoms with Gasteiger partial charge in [0.25, 0.3) is 5.91 Å². The summed E-state index contributed by atoms with van der Waals surface area (Å²) in [5.41, 5.74) is 1.09. The first-order valence-electron chi connectivity index (χ1n) is 9.60. The number of thiazole rings is 1. The van der Waals surface area contributed by atoms with Crippen molar-refractivity contribution in [1.82, 2.24) is 15.0 Å². The summed E-state index contributed by atoms with van der Waals surface area (Å²) in [6.45, 7) is 4.81. The van der Waals surface area contributed by atoms with Crippen LogP contribution >= 0.6 is 22.9 Å². The first-order chi connectivity index (χ1) is 14.8. The van der Waals surface area contributed by atoms with Crippen molar-refractivity contribution in [1.29, 1.82) is 0 Å². The van der Waals surface area contributed by atoms with Gasteiger partial charge in [-0.15, -0.1) is 0 Å². The molecule has 3 heterocycles. The number of rotatable bonds is 5. The molecule has 1 aromatic carbocycles. The fraction of sp³-hybridized carbons (Fsp3) is 0.300. The molecule has 162 valence electrons. The van der Waals surface area contributed by atoms with Crippen molar-refractivity contribution in [3.63, 3.8) is 0 Å². The molecule has 4 rings (SSSR count). The molecular formula is C20H21ClN6O3S. The lowest BCUT2D eigenvalue weighted by Crippen LogP contribution is -2.22. The molecule has 0 saturated carbocycles. The van der Waals surface area contributed by atoms with Gasteiger partial charge in [-0.3, -0.25) is 4.79 Å². The molecule has 1 fully saturated rings. The van der Waals surface area contributed by atoms with Crippen LogP contribution in [0.5, 0.6) is 5.75 Å². The first-order valence-corrected chi connectivity index (χ1v) is 10.8. The number of hydrogen-bond acceptors (Lipinski definition) is 9. The zero-order valence-corrected chi connectivity index (χ0v) is 18.5. The highest BCUT2D eigenvalue weighted by Gasteiger charge is 2.22. The Balaban J connectivity index is 1.48. The van der Waals surface area contributed by atoms with E-state index in [0.717, 1.165) is 12.4 Å². The van der Waals surface area contributed by atoms with Gasteiger partial charge < -0.3 is 25.7 Å². The van der Waals surface area contributed by atoms with Crippen LogP contribution in [0.3, 0.4) is 0 Å². The molecule has 1 amide bonds. The standard InChI is InChI=1S/C20H21ClN6O3S/c1-10-5-13(29)6-14(21)18(10)26-19(30)15-8-22-20(31-15)25-16-7-17(24-11(2)23-16)27-4-3-12(28)9-27/h5-8,12,28-29H,3-4,9H2,1-2H3,(H,26,30)(H,22,23,24,25)/t12-/m1/s1. The summed E-state index contributed by atoms with van der Waals surface area (Å²) in [7, 11) is 0. The monoisotopic (exact) mass is 460 g/mol. The molecule has 31 heavy (non-hydrogen) atoms. The van der Waals surface area contributed by atoms with E-state index in [1.807, 2.05) is 4.90 Å². The summed E-state index contributed by atoms with van der Waals surface area (Å²) in [4.78, 5) is 28.1. The van der Waals surface area contributed by atoms with E-state index in [9.17, 15) is 15.0 Å². The number of carbonyl (C=O) groups is 1. The van der Waals surface area contributed by atoms with Crippen LogP contribution in [0.25, 0.3) is 0 Å². The van der Waals surface area contributed by atoms with E-state index in [0.29, 0.717) is 45.9 Å². The zero-order valence-electron chi connectivity index (χ0n) is 16.9. The van der Waals surface area contributed by atoms with E-state index in [1.54, 1.807) is 19.9 Å². The summed E-state index contributed by atoms with van der Waals surface area (Å²) in [5.74, 6) is 1.56. The highest BCUT2D eigenvalue weighted by molar-refractivity contribution is 7.17. The lowest BCUT2D eigenvalue weighted by molar-refractivity contribution is 0.103. The Labute approximate surface area is 187 Å². The molecule has 1 aliphatic heterocycles. The minimum Gasteiger partial charge on any atom is -0.508 e. The number of halogens is 1. The SMILES string of the molecule is Cc1nc(Nc2ncc(C(=O)Nc3c(C)cc(O)cc3Cl)s2)cc(N2CC[C@@H](O)C2)n1. The van der Waals surface area contributed by atoms with Crippen LogP contribution < -0.4 is 15.5 Å². The smallest absolute Gasteiger partial charge is 0.267 e. The van der Waals surface area contributed by atoms with Crippen molar-refractivity contribution in [2.75, 3.05) is 28.6 Å². The number of hydrogen-bond donors (Lipinski definition) is 4. The number of aromatic nitrogens is 3. The van der Waals surface area contributed by atoms with Crippen LogP contribution in [0.1, 0.15) is 27.5 Å². The number of benzene rings is 1. The van der Waals surface area contributed by atoms with Gasteiger partial charge in [-0.05, 0) is 31.9 Å². The van der Waals surface area contributed by atoms with Crippen LogP contribution in [-0.2, 0) is 0 Å². The molecule has 1 aliphatic rings. The van der Waals surface area contributed by atoms with Gasteiger partial charge in [0, 0.05) is 25.2 Å². The summed E-state index contributed by atoms with van der Waals surface area (Å²) in [5, 5.41) is 26.0. The molecule has 2 aromatic heterocycles. The van der Waals surface area contributed by atoms with Gasteiger partial charge in [0.05, 0.1) is 23.0 Å². The minimum atomic E-state index is -0.355. The Kier molecular flexibility index (Phi) is 5.94. The molecule has 11 heteroatoms. The maximum absolute atomic E-state index is 12.6. The van der Waals surface area contributed by atoms with Crippen molar-refractivity contribution in [3.05, 3.63) is 45.7 Å². The largest absolute Gasteiger partial charge is 0.508 e. The van der Waals surface area contributed by atoms with Gasteiger partial charge in [0.1, 0.15) is 28.1 Å². The van der Waals surface area contributed by atoms with Gasteiger partial charge >= 0.3 is 0 Å². The minimum absolute atomic E-state index is 0.0349. The predicted molar refractivity (Wildman–Crippen MR) is 121 cm³/mol. The average molecular weight is 461 g/mol. The van der Waals surface area contributed by atoms with Crippen LogP contribution in [0.15, 0.2) is 24.4 Å². The average Bonchev–Trinajstić information content (AvgIpc) is 3.33. The third kappa shape index (κ3) is 4.87. The topological polar surface area (TPSA) is 124 Å². The third-order valence-electron chi connectivity index (χ3n) is 4.79. The molecule has 3 aromatic rings. The van der Waals surface area contributed by atoms with E-state index in [2.05, 4.69) is 25.6 Å². The molecule has 0 spiro atoms. The van der Waals surface area contributed by atoms with E-state index in [4.69, 9.17) is 11.6 Å². The number of aryl methyl sites for hydroxylation is 2. The van der Waals surface area contributed by atoms with Gasteiger partial charge in [0.15, 0.2) is 5.13 Å². The van der Waals surface area contributed by atoms with Crippen molar-refractivity contribution < 1.29 is 15.0 Å². The second kappa shape index (κ2) is 8.66. The highest BCUT2D eigenvalue weighted by Crippen LogP contribution is 2.31.